The molecule has 1 aliphatic heterocycles. The molecule has 86 valence electrons. The van der Waals surface area contributed by atoms with E-state index < -0.39 is 0 Å². The highest BCUT2D eigenvalue weighted by atomic mass is 16.2. The van der Waals surface area contributed by atoms with Gasteiger partial charge in [-0.1, -0.05) is 32.9 Å². The second-order valence-corrected chi connectivity index (χ2v) is 3.22. The van der Waals surface area contributed by atoms with Crippen LogP contribution in [0, 0.1) is 18.8 Å². The van der Waals surface area contributed by atoms with Crippen molar-refractivity contribution >= 4 is 11.8 Å². The SMILES string of the molecule is C#C.CC.CC1C=CC2=C(C1)C(=O)NC2=O. The van der Waals surface area contributed by atoms with Crippen LogP contribution in [0.5, 0.6) is 0 Å². The van der Waals surface area contributed by atoms with Crippen molar-refractivity contribution in [2.75, 3.05) is 0 Å². The number of hydrogen-bond acceptors (Lipinski definition) is 2. The van der Waals surface area contributed by atoms with E-state index in [1.165, 1.54) is 0 Å². The van der Waals surface area contributed by atoms with Crippen molar-refractivity contribution < 1.29 is 9.59 Å². The summed E-state index contributed by atoms with van der Waals surface area (Å²) in [4.78, 5) is 22.2. The molecule has 0 radical (unpaired) electrons. The van der Waals surface area contributed by atoms with Crippen molar-refractivity contribution in [2.24, 2.45) is 5.92 Å². The Hall–Kier alpha value is -1.82. The third kappa shape index (κ3) is 2.83. The standard InChI is InChI=1S/C9H9NO2.C2H6.C2H2/c1-5-2-3-6-7(4-5)9(12)10-8(6)11;2*1-2/h2-3,5H,4H2,1H3,(H,10,11,12);1-2H3;1-2H. The molecule has 0 fully saturated rings. The van der Waals surface area contributed by atoms with Gasteiger partial charge < -0.3 is 0 Å². The average Bonchev–Trinajstić information content (AvgIpc) is 2.60. The summed E-state index contributed by atoms with van der Waals surface area (Å²) >= 11 is 0. The third-order valence-corrected chi connectivity index (χ3v) is 2.19. The lowest BCUT2D eigenvalue weighted by atomic mass is 9.92. The first-order valence-corrected chi connectivity index (χ1v) is 5.29. The number of hydrogen-bond donors (Lipinski definition) is 1. The lowest BCUT2D eigenvalue weighted by Gasteiger charge is -2.10. The van der Waals surface area contributed by atoms with Gasteiger partial charge in [-0.2, -0.15) is 0 Å². The van der Waals surface area contributed by atoms with Gasteiger partial charge >= 0.3 is 0 Å². The summed E-state index contributed by atoms with van der Waals surface area (Å²) in [7, 11) is 0. The summed E-state index contributed by atoms with van der Waals surface area (Å²) in [5.41, 5.74) is 1.20. The molecule has 2 amide bonds. The molecule has 1 atom stereocenters. The van der Waals surface area contributed by atoms with Crippen LogP contribution in [0.25, 0.3) is 0 Å². The highest BCUT2D eigenvalue weighted by molar-refractivity contribution is 6.21. The van der Waals surface area contributed by atoms with Crippen LogP contribution in [0.15, 0.2) is 23.3 Å². The lowest BCUT2D eigenvalue weighted by Crippen LogP contribution is -2.22. The van der Waals surface area contributed by atoms with Gasteiger partial charge in [-0.25, -0.2) is 0 Å². The van der Waals surface area contributed by atoms with E-state index in [4.69, 9.17) is 0 Å². The number of terminal acetylenes is 1. The Morgan fingerprint density at radius 2 is 1.81 bits per heavy atom. The van der Waals surface area contributed by atoms with Crippen molar-refractivity contribution in [3.05, 3.63) is 23.3 Å². The van der Waals surface area contributed by atoms with Gasteiger partial charge in [0.15, 0.2) is 0 Å². The summed E-state index contributed by atoms with van der Waals surface area (Å²) in [5, 5.41) is 2.28. The maximum atomic E-state index is 11.1. The number of amides is 2. The second-order valence-electron chi connectivity index (χ2n) is 3.22. The minimum atomic E-state index is -0.252. The zero-order valence-electron chi connectivity index (χ0n) is 9.91. The number of rotatable bonds is 0. The van der Waals surface area contributed by atoms with E-state index in [9.17, 15) is 9.59 Å². The van der Waals surface area contributed by atoms with Gasteiger partial charge in [0, 0.05) is 11.1 Å². The Balaban J connectivity index is 0.000000509. The minimum Gasteiger partial charge on any atom is -0.288 e. The van der Waals surface area contributed by atoms with Crippen molar-refractivity contribution in [3.8, 4) is 12.8 Å². The van der Waals surface area contributed by atoms with Gasteiger partial charge in [-0.15, -0.1) is 12.8 Å². The van der Waals surface area contributed by atoms with E-state index in [-0.39, 0.29) is 11.8 Å². The Kier molecular flexibility index (Phi) is 5.87. The Bertz CT molecular complexity index is 361. The Labute approximate surface area is 96.6 Å². The van der Waals surface area contributed by atoms with Gasteiger partial charge in [0.2, 0.25) is 0 Å². The summed E-state index contributed by atoms with van der Waals surface area (Å²) in [5.74, 6) is -0.107. The molecule has 0 spiro atoms. The van der Waals surface area contributed by atoms with Crippen LogP contribution in [0.4, 0.5) is 0 Å². The molecule has 0 saturated carbocycles. The zero-order chi connectivity index (χ0) is 12.7. The predicted molar refractivity (Wildman–Crippen MR) is 64.3 cm³/mol. The number of nitrogens with one attached hydrogen (secondary N) is 1. The molecule has 0 bridgehead atoms. The molecule has 1 heterocycles. The second kappa shape index (κ2) is 6.62. The van der Waals surface area contributed by atoms with Crippen molar-refractivity contribution in [1.29, 1.82) is 0 Å². The molecule has 2 aliphatic rings. The summed E-state index contributed by atoms with van der Waals surface area (Å²) < 4.78 is 0. The van der Waals surface area contributed by atoms with Crippen molar-refractivity contribution in [3.63, 3.8) is 0 Å². The number of imide groups is 1. The van der Waals surface area contributed by atoms with Crippen LogP contribution in [0.3, 0.4) is 0 Å². The fourth-order valence-electron chi connectivity index (χ4n) is 1.53. The highest BCUT2D eigenvalue weighted by Crippen LogP contribution is 2.26. The van der Waals surface area contributed by atoms with E-state index in [1.54, 1.807) is 6.08 Å². The normalized spacial score (nSPS) is 21.2. The molecule has 0 aromatic carbocycles. The number of carbonyl (C=O) groups excluding carboxylic acids is 2. The molecule has 0 aromatic heterocycles. The lowest BCUT2D eigenvalue weighted by molar-refractivity contribution is -0.124. The maximum absolute atomic E-state index is 11.1. The molecule has 3 heteroatoms. The van der Waals surface area contributed by atoms with Gasteiger partial charge in [0.05, 0.1) is 0 Å². The summed E-state index contributed by atoms with van der Waals surface area (Å²) in [6, 6.07) is 0. The van der Waals surface area contributed by atoms with Crippen LogP contribution in [0.2, 0.25) is 0 Å². The van der Waals surface area contributed by atoms with E-state index in [2.05, 4.69) is 18.2 Å². The summed E-state index contributed by atoms with van der Waals surface area (Å²) in [6.45, 7) is 6.02. The third-order valence-electron chi connectivity index (χ3n) is 2.19. The molecule has 1 N–H and O–H groups in total. The van der Waals surface area contributed by atoms with E-state index in [1.807, 2.05) is 26.8 Å². The van der Waals surface area contributed by atoms with Gasteiger partial charge in [0.25, 0.3) is 11.8 Å². The number of allylic oxidation sites excluding steroid dienone is 1. The Morgan fingerprint density at radius 3 is 2.38 bits per heavy atom. The zero-order valence-corrected chi connectivity index (χ0v) is 9.91. The van der Waals surface area contributed by atoms with Crippen LogP contribution in [-0.2, 0) is 9.59 Å². The average molecular weight is 219 g/mol. The predicted octanol–water partition coefficient (Wildman–Crippen LogP) is 1.81. The molecule has 0 saturated heterocycles. The molecule has 16 heavy (non-hydrogen) atoms. The molecular formula is C13H17NO2. The van der Waals surface area contributed by atoms with E-state index >= 15 is 0 Å². The largest absolute Gasteiger partial charge is 0.288 e. The molecule has 1 aliphatic carbocycles. The van der Waals surface area contributed by atoms with Gasteiger partial charge in [0.1, 0.15) is 0 Å². The first kappa shape index (κ1) is 14.2. The van der Waals surface area contributed by atoms with Crippen LogP contribution in [-0.4, -0.2) is 11.8 Å². The van der Waals surface area contributed by atoms with Crippen molar-refractivity contribution in [1.82, 2.24) is 5.32 Å². The molecule has 1 unspecified atom stereocenters. The highest BCUT2D eigenvalue weighted by Gasteiger charge is 2.30. The van der Waals surface area contributed by atoms with Gasteiger partial charge in [-0.3, -0.25) is 14.9 Å². The molecule has 2 rings (SSSR count). The van der Waals surface area contributed by atoms with E-state index in [0.29, 0.717) is 23.5 Å². The molecule has 0 aromatic rings. The Morgan fingerprint density at radius 1 is 1.25 bits per heavy atom. The topological polar surface area (TPSA) is 46.2 Å². The molecule has 3 nitrogen and oxygen atoms in total. The monoisotopic (exact) mass is 219 g/mol. The summed E-state index contributed by atoms with van der Waals surface area (Å²) in [6.07, 6.45) is 12.4. The maximum Gasteiger partial charge on any atom is 0.258 e. The van der Waals surface area contributed by atoms with Crippen molar-refractivity contribution in [2.45, 2.75) is 27.2 Å². The van der Waals surface area contributed by atoms with Crippen LogP contribution < -0.4 is 5.32 Å². The molecular weight excluding hydrogens is 202 g/mol. The fourth-order valence-corrected chi connectivity index (χ4v) is 1.53. The van der Waals surface area contributed by atoms with Gasteiger partial charge in [-0.05, 0) is 12.3 Å². The first-order chi connectivity index (χ1) is 7.68. The van der Waals surface area contributed by atoms with Crippen LogP contribution >= 0.6 is 0 Å². The first-order valence-electron chi connectivity index (χ1n) is 5.29. The quantitative estimate of drug-likeness (QED) is 0.499. The van der Waals surface area contributed by atoms with E-state index in [0.717, 1.165) is 0 Å². The fraction of sp³-hybridized carbons (Fsp3) is 0.385. The minimum absolute atomic E-state index is 0.216. The van der Waals surface area contributed by atoms with Crippen LogP contribution in [0.1, 0.15) is 27.2 Å². The smallest absolute Gasteiger partial charge is 0.258 e. The number of carbonyl (C=O) groups is 2.